The topological polar surface area (TPSA) is 71.1 Å². The molecule has 0 saturated heterocycles. The monoisotopic (exact) mass is 325 g/mol. The number of anilines is 1. The average molecular weight is 325 g/mol. The number of thiazole rings is 1. The third kappa shape index (κ3) is 3.53. The molecule has 2 N–H and O–H groups in total. The van der Waals surface area contributed by atoms with Crippen molar-refractivity contribution in [1.29, 1.82) is 0 Å². The highest BCUT2D eigenvalue weighted by Crippen LogP contribution is 2.32. The summed E-state index contributed by atoms with van der Waals surface area (Å²) in [4.78, 5) is 4.79. The number of hydrogen-bond donors (Lipinski definition) is 2. The van der Waals surface area contributed by atoms with Crippen molar-refractivity contribution in [2.24, 2.45) is 5.92 Å². The second-order valence-electron chi connectivity index (χ2n) is 5.81. The van der Waals surface area contributed by atoms with Crippen LogP contribution in [-0.2, 0) is 10.0 Å². The number of benzene rings is 1. The highest BCUT2D eigenvalue weighted by molar-refractivity contribution is 7.89. The summed E-state index contributed by atoms with van der Waals surface area (Å²) in [5.74, 6) is 0.279. The van der Waals surface area contributed by atoms with E-state index in [1.165, 1.54) is 24.2 Å². The SMILES string of the molecule is CC(C)CNS(=O)(=O)c1ccc2nc(NC3CC3)sc2c1. The second-order valence-corrected chi connectivity index (χ2v) is 8.61. The Morgan fingerprint density at radius 1 is 1.38 bits per heavy atom. The van der Waals surface area contributed by atoms with E-state index < -0.39 is 10.0 Å². The molecule has 0 spiro atoms. The van der Waals surface area contributed by atoms with Crippen LogP contribution in [0.4, 0.5) is 5.13 Å². The fourth-order valence-electron chi connectivity index (χ4n) is 1.90. The van der Waals surface area contributed by atoms with Crippen molar-refractivity contribution < 1.29 is 8.42 Å². The molecule has 0 amide bonds. The van der Waals surface area contributed by atoms with Crippen LogP contribution in [0.15, 0.2) is 23.1 Å². The minimum Gasteiger partial charge on any atom is -0.359 e. The molecule has 1 heterocycles. The van der Waals surface area contributed by atoms with Crippen LogP contribution in [0.1, 0.15) is 26.7 Å². The predicted molar refractivity (Wildman–Crippen MR) is 86.3 cm³/mol. The number of fused-ring (bicyclic) bond motifs is 1. The van der Waals surface area contributed by atoms with E-state index >= 15 is 0 Å². The zero-order valence-electron chi connectivity index (χ0n) is 12.1. The summed E-state index contributed by atoms with van der Waals surface area (Å²) in [6, 6.07) is 5.63. The van der Waals surface area contributed by atoms with E-state index in [1.807, 2.05) is 13.8 Å². The first kappa shape index (κ1) is 14.7. The fourth-order valence-corrected chi connectivity index (χ4v) is 4.19. The highest BCUT2D eigenvalue weighted by Gasteiger charge is 2.22. The molecule has 114 valence electrons. The Morgan fingerprint density at radius 3 is 2.81 bits per heavy atom. The van der Waals surface area contributed by atoms with E-state index in [2.05, 4.69) is 15.0 Å². The summed E-state index contributed by atoms with van der Waals surface area (Å²) in [6.07, 6.45) is 2.38. The number of nitrogens with one attached hydrogen (secondary N) is 2. The lowest BCUT2D eigenvalue weighted by molar-refractivity contribution is 0.560. The van der Waals surface area contributed by atoms with Gasteiger partial charge in [-0.25, -0.2) is 18.1 Å². The molecule has 7 heteroatoms. The highest BCUT2D eigenvalue weighted by atomic mass is 32.2. The molecule has 5 nitrogen and oxygen atoms in total. The van der Waals surface area contributed by atoms with Gasteiger partial charge in [-0.2, -0.15) is 0 Å². The summed E-state index contributed by atoms with van der Waals surface area (Å²) in [5, 5.41) is 4.22. The van der Waals surface area contributed by atoms with Crippen molar-refractivity contribution in [3.8, 4) is 0 Å². The summed E-state index contributed by atoms with van der Waals surface area (Å²) in [5.41, 5.74) is 0.839. The van der Waals surface area contributed by atoms with Gasteiger partial charge in [0.1, 0.15) is 0 Å². The van der Waals surface area contributed by atoms with Gasteiger partial charge in [-0.3, -0.25) is 0 Å². The first-order valence-corrected chi connectivity index (χ1v) is 9.41. The van der Waals surface area contributed by atoms with Crippen molar-refractivity contribution in [2.45, 2.75) is 37.6 Å². The Kier molecular flexibility index (Phi) is 3.90. The summed E-state index contributed by atoms with van der Waals surface area (Å²) in [7, 11) is -3.44. The van der Waals surface area contributed by atoms with Crippen molar-refractivity contribution in [3.63, 3.8) is 0 Å². The van der Waals surface area contributed by atoms with Gasteiger partial charge in [0.25, 0.3) is 0 Å². The van der Waals surface area contributed by atoms with Gasteiger partial charge in [0.15, 0.2) is 5.13 Å². The predicted octanol–water partition coefficient (Wildman–Crippen LogP) is 2.80. The largest absolute Gasteiger partial charge is 0.359 e. The average Bonchev–Trinajstić information content (AvgIpc) is 3.13. The van der Waals surface area contributed by atoms with Crippen LogP contribution in [0.25, 0.3) is 10.2 Å². The van der Waals surface area contributed by atoms with Crippen LogP contribution < -0.4 is 10.0 Å². The van der Waals surface area contributed by atoms with E-state index in [-0.39, 0.29) is 5.92 Å². The number of rotatable bonds is 6. The Bertz CT molecular complexity index is 749. The van der Waals surface area contributed by atoms with Crippen LogP contribution >= 0.6 is 11.3 Å². The van der Waals surface area contributed by atoms with E-state index in [4.69, 9.17) is 0 Å². The quantitative estimate of drug-likeness (QED) is 0.857. The number of sulfonamides is 1. The molecule has 1 aromatic carbocycles. The minimum absolute atomic E-state index is 0.279. The van der Waals surface area contributed by atoms with Crippen molar-refractivity contribution in [2.75, 3.05) is 11.9 Å². The number of aromatic nitrogens is 1. The second kappa shape index (κ2) is 5.55. The molecular formula is C14H19N3O2S2. The Balaban J connectivity index is 1.85. The van der Waals surface area contributed by atoms with Gasteiger partial charge >= 0.3 is 0 Å². The molecule has 3 rings (SSSR count). The van der Waals surface area contributed by atoms with Crippen molar-refractivity contribution in [3.05, 3.63) is 18.2 Å². The van der Waals surface area contributed by atoms with E-state index in [9.17, 15) is 8.42 Å². The first-order chi connectivity index (χ1) is 9.94. The molecule has 0 radical (unpaired) electrons. The van der Waals surface area contributed by atoms with Crippen LogP contribution in [0.5, 0.6) is 0 Å². The van der Waals surface area contributed by atoms with E-state index in [0.717, 1.165) is 15.3 Å². The number of nitrogens with zero attached hydrogens (tertiary/aromatic N) is 1. The maximum atomic E-state index is 12.2. The van der Waals surface area contributed by atoms with Gasteiger partial charge in [-0.05, 0) is 37.0 Å². The van der Waals surface area contributed by atoms with Gasteiger partial charge < -0.3 is 5.32 Å². The van der Waals surface area contributed by atoms with Gasteiger partial charge in [0.2, 0.25) is 10.0 Å². The summed E-state index contributed by atoms with van der Waals surface area (Å²) < 4.78 is 28.0. The zero-order valence-corrected chi connectivity index (χ0v) is 13.7. The molecule has 1 aliphatic rings. The van der Waals surface area contributed by atoms with Gasteiger partial charge in [-0.15, -0.1) is 0 Å². The lowest BCUT2D eigenvalue weighted by Crippen LogP contribution is -2.27. The van der Waals surface area contributed by atoms with Gasteiger partial charge in [-0.1, -0.05) is 25.2 Å². The molecule has 0 atom stereocenters. The molecule has 0 aliphatic heterocycles. The van der Waals surface area contributed by atoms with Crippen LogP contribution in [0, 0.1) is 5.92 Å². The molecule has 1 aromatic heterocycles. The van der Waals surface area contributed by atoms with Crippen LogP contribution in [0.3, 0.4) is 0 Å². The minimum atomic E-state index is -3.44. The summed E-state index contributed by atoms with van der Waals surface area (Å²) >= 11 is 1.51. The van der Waals surface area contributed by atoms with Gasteiger partial charge in [0, 0.05) is 12.6 Å². The Hall–Kier alpha value is -1.18. The van der Waals surface area contributed by atoms with Crippen LogP contribution in [0.2, 0.25) is 0 Å². The van der Waals surface area contributed by atoms with Crippen molar-refractivity contribution in [1.82, 2.24) is 9.71 Å². The third-order valence-corrected chi connectivity index (χ3v) is 5.63. The molecule has 2 aromatic rings. The third-order valence-electron chi connectivity index (χ3n) is 3.26. The maximum Gasteiger partial charge on any atom is 0.240 e. The molecule has 0 unspecified atom stereocenters. The molecular weight excluding hydrogens is 306 g/mol. The van der Waals surface area contributed by atoms with E-state index in [1.54, 1.807) is 18.2 Å². The van der Waals surface area contributed by atoms with E-state index in [0.29, 0.717) is 17.5 Å². The first-order valence-electron chi connectivity index (χ1n) is 7.11. The Morgan fingerprint density at radius 2 is 2.14 bits per heavy atom. The smallest absolute Gasteiger partial charge is 0.240 e. The van der Waals surface area contributed by atoms with Crippen molar-refractivity contribution >= 4 is 36.7 Å². The lowest BCUT2D eigenvalue weighted by Gasteiger charge is -2.08. The fraction of sp³-hybridized carbons (Fsp3) is 0.500. The standard InChI is InChI=1S/C14H19N3O2S2/c1-9(2)8-15-21(18,19)11-5-6-12-13(7-11)20-14(17-12)16-10-3-4-10/h5-7,9-10,15H,3-4,8H2,1-2H3,(H,16,17). The van der Waals surface area contributed by atoms with Crippen LogP contribution in [-0.4, -0.2) is 26.0 Å². The number of hydrogen-bond acceptors (Lipinski definition) is 5. The molecule has 1 saturated carbocycles. The summed E-state index contributed by atoms with van der Waals surface area (Å²) in [6.45, 7) is 4.40. The zero-order chi connectivity index (χ0) is 15.0. The molecule has 1 aliphatic carbocycles. The van der Waals surface area contributed by atoms with Gasteiger partial charge in [0.05, 0.1) is 15.1 Å². The molecule has 0 bridgehead atoms. The molecule has 1 fully saturated rings. The normalized spacial score (nSPS) is 15.8. The maximum absolute atomic E-state index is 12.2. The lowest BCUT2D eigenvalue weighted by atomic mass is 10.2. The Labute approximate surface area is 128 Å². The molecule has 21 heavy (non-hydrogen) atoms.